The number of nitrogens with zero attached hydrogens (tertiary/aromatic N) is 1. The van der Waals surface area contributed by atoms with Crippen molar-refractivity contribution < 1.29 is 24.8 Å². The number of aliphatic hydroxyl groups is 3. The van der Waals surface area contributed by atoms with Gasteiger partial charge in [0.2, 0.25) is 0 Å². The molecule has 0 fully saturated rings. The molecule has 2 aromatic carbocycles. The summed E-state index contributed by atoms with van der Waals surface area (Å²) in [5, 5.41) is 29.6. The van der Waals surface area contributed by atoms with Gasteiger partial charge in [0.15, 0.2) is 0 Å². The van der Waals surface area contributed by atoms with Crippen molar-refractivity contribution in [2.75, 3.05) is 39.5 Å². The Bertz CT molecular complexity index is 559. The lowest BCUT2D eigenvalue weighted by Crippen LogP contribution is -2.42. The maximum absolute atomic E-state index is 10.3. The number of aliphatic hydroxyl groups excluding tert-OH is 3. The number of rotatable bonds is 13. The zero-order chi connectivity index (χ0) is 19.3. The molecule has 0 aliphatic carbocycles. The van der Waals surface area contributed by atoms with E-state index in [0.717, 1.165) is 0 Å². The van der Waals surface area contributed by atoms with E-state index in [-0.39, 0.29) is 19.8 Å². The van der Waals surface area contributed by atoms with Crippen LogP contribution < -0.4 is 9.47 Å². The van der Waals surface area contributed by atoms with Gasteiger partial charge in [-0.25, -0.2) is 0 Å². The van der Waals surface area contributed by atoms with Crippen molar-refractivity contribution in [3.63, 3.8) is 0 Å². The number of benzene rings is 2. The summed E-state index contributed by atoms with van der Waals surface area (Å²) in [5.74, 6) is 1.41. The van der Waals surface area contributed by atoms with Crippen molar-refractivity contribution in [1.29, 1.82) is 0 Å². The molecule has 0 spiro atoms. The van der Waals surface area contributed by atoms with Gasteiger partial charge in [-0.3, -0.25) is 4.90 Å². The Balaban J connectivity index is 1.76. The molecule has 0 aromatic heterocycles. The molecule has 2 aromatic rings. The average Bonchev–Trinajstić information content (AvgIpc) is 2.70. The van der Waals surface area contributed by atoms with E-state index in [1.807, 2.05) is 65.6 Å². The van der Waals surface area contributed by atoms with Crippen molar-refractivity contribution in [2.45, 2.75) is 18.6 Å². The van der Waals surface area contributed by atoms with Gasteiger partial charge in [-0.2, -0.15) is 0 Å². The Morgan fingerprint density at radius 2 is 1.19 bits per heavy atom. The minimum absolute atomic E-state index is 0.0592. The van der Waals surface area contributed by atoms with E-state index in [2.05, 4.69) is 0 Å². The van der Waals surface area contributed by atoms with Crippen molar-refractivity contribution >= 4 is 0 Å². The SMILES string of the molecule is OCCCN(C[C@H](O)COc1ccccc1)C[C@H](O)COc1ccccc1. The first-order valence-electron chi connectivity index (χ1n) is 9.22. The van der Waals surface area contributed by atoms with Gasteiger partial charge < -0.3 is 24.8 Å². The Morgan fingerprint density at radius 1 is 0.741 bits per heavy atom. The van der Waals surface area contributed by atoms with Crippen LogP contribution in [-0.2, 0) is 0 Å². The molecule has 3 N–H and O–H groups in total. The molecule has 6 heteroatoms. The van der Waals surface area contributed by atoms with Gasteiger partial charge in [-0.05, 0) is 30.7 Å². The molecule has 0 aliphatic heterocycles. The predicted octanol–water partition coefficient (Wildman–Crippen LogP) is 1.55. The van der Waals surface area contributed by atoms with Crippen LogP contribution in [0.3, 0.4) is 0 Å². The highest BCUT2D eigenvalue weighted by Gasteiger charge is 2.16. The summed E-state index contributed by atoms with van der Waals surface area (Å²) in [4.78, 5) is 1.91. The van der Waals surface area contributed by atoms with Crippen LogP contribution >= 0.6 is 0 Å². The zero-order valence-electron chi connectivity index (χ0n) is 15.5. The number of para-hydroxylation sites is 2. The summed E-state index contributed by atoms with van der Waals surface area (Å²) >= 11 is 0. The second-order valence-electron chi connectivity index (χ2n) is 6.39. The molecule has 0 saturated heterocycles. The van der Waals surface area contributed by atoms with Crippen LogP contribution in [0.15, 0.2) is 60.7 Å². The van der Waals surface area contributed by atoms with Crippen molar-refractivity contribution in [2.24, 2.45) is 0 Å². The van der Waals surface area contributed by atoms with Crippen LogP contribution in [0.4, 0.5) is 0 Å². The monoisotopic (exact) mass is 375 g/mol. The van der Waals surface area contributed by atoms with E-state index in [0.29, 0.717) is 37.6 Å². The van der Waals surface area contributed by atoms with E-state index < -0.39 is 12.2 Å². The Labute approximate surface area is 160 Å². The molecule has 0 radical (unpaired) electrons. The third-order valence-electron chi connectivity index (χ3n) is 3.94. The molecule has 0 saturated carbocycles. The third kappa shape index (κ3) is 8.88. The summed E-state index contributed by atoms with van der Waals surface area (Å²) in [6.45, 7) is 1.64. The summed E-state index contributed by atoms with van der Waals surface area (Å²) in [5.41, 5.74) is 0. The van der Waals surface area contributed by atoms with Crippen LogP contribution in [0.2, 0.25) is 0 Å². The van der Waals surface area contributed by atoms with Gasteiger partial charge in [0.1, 0.15) is 36.9 Å². The first-order valence-corrected chi connectivity index (χ1v) is 9.22. The van der Waals surface area contributed by atoms with E-state index >= 15 is 0 Å². The predicted molar refractivity (Wildman–Crippen MR) is 104 cm³/mol. The topological polar surface area (TPSA) is 82.4 Å². The second kappa shape index (κ2) is 12.3. The largest absolute Gasteiger partial charge is 0.491 e. The zero-order valence-corrected chi connectivity index (χ0v) is 15.5. The minimum Gasteiger partial charge on any atom is -0.491 e. The van der Waals surface area contributed by atoms with Gasteiger partial charge in [0.25, 0.3) is 0 Å². The second-order valence-corrected chi connectivity index (χ2v) is 6.39. The van der Waals surface area contributed by atoms with Crippen LogP contribution in [0.25, 0.3) is 0 Å². The fraction of sp³-hybridized carbons (Fsp3) is 0.429. The smallest absolute Gasteiger partial charge is 0.119 e. The summed E-state index contributed by atoms with van der Waals surface area (Å²) in [6.07, 6.45) is -0.837. The summed E-state index contributed by atoms with van der Waals surface area (Å²) in [7, 11) is 0. The van der Waals surface area contributed by atoms with E-state index in [9.17, 15) is 10.2 Å². The maximum atomic E-state index is 10.3. The van der Waals surface area contributed by atoms with Crippen molar-refractivity contribution in [3.05, 3.63) is 60.7 Å². The summed E-state index contributed by atoms with van der Waals surface area (Å²) < 4.78 is 11.1. The first-order chi connectivity index (χ1) is 13.2. The van der Waals surface area contributed by atoms with E-state index in [4.69, 9.17) is 14.6 Å². The molecule has 0 aliphatic rings. The minimum atomic E-state index is -0.703. The lowest BCUT2D eigenvalue weighted by Gasteiger charge is -2.27. The van der Waals surface area contributed by atoms with E-state index in [1.54, 1.807) is 0 Å². The highest BCUT2D eigenvalue weighted by atomic mass is 16.5. The fourth-order valence-corrected chi connectivity index (χ4v) is 2.67. The molecular formula is C21H29NO5. The standard InChI is InChI=1S/C21H29NO5/c23-13-7-12-22(14-18(24)16-26-20-8-3-1-4-9-20)15-19(25)17-27-21-10-5-2-6-11-21/h1-6,8-11,18-19,23-25H,7,12-17H2/t18-,19-/m0/s1. The van der Waals surface area contributed by atoms with Gasteiger partial charge in [-0.1, -0.05) is 36.4 Å². The van der Waals surface area contributed by atoms with Crippen LogP contribution in [-0.4, -0.2) is 71.9 Å². The van der Waals surface area contributed by atoms with Crippen LogP contribution in [0.1, 0.15) is 6.42 Å². The quantitative estimate of drug-likeness (QED) is 0.493. The van der Waals surface area contributed by atoms with Crippen molar-refractivity contribution in [1.82, 2.24) is 4.90 Å². The molecule has 27 heavy (non-hydrogen) atoms. The molecule has 6 nitrogen and oxygen atoms in total. The maximum Gasteiger partial charge on any atom is 0.119 e. The summed E-state index contributed by atoms with van der Waals surface area (Å²) in [6, 6.07) is 18.6. The Morgan fingerprint density at radius 3 is 1.59 bits per heavy atom. The molecule has 0 unspecified atom stereocenters. The highest BCUT2D eigenvalue weighted by Crippen LogP contribution is 2.10. The highest BCUT2D eigenvalue weighted by molar-refractivity contribution is 5.21. The van der Waals surface area contributed by atoms with Crippen LogP contribution in [0, 0.1) is 0 Å². The Kier molecular flexibility index (Phi) is 9.65. The fourth-order valence-electron chi connectivity index (χ4n) is 2.67. The number of hydrogen-bond donors (Lipinski definition) is 3. The van der Waals surface area contributed by atoms with Crippen molar-refractivity contribution in [3.8, 4) is 11.5 Å². The van der Waals surface area contributed by atoms with E-state index in [1.165, 1.54) is 0 Å². The molecular weight excluding hydrogens is 346 g/mol. The Hall–Kier alpha value is -2.12. The van der Waals surface area contributed by atoms with Gasteiger partial charge in [-0.15, -0.1) is 0 Å². The molecule has 0 bridgehead atoms. The van der Waals surface area contributed by atoms with Gasteiger partial charge in [0, 0.05) is 26.2 Å². The lowest BCUT2D eigenvalue weighted by molar-refractivity contribution is 0.0293. The molecule has 2 atom stereocenters. The normalized spacial score (nSPS) is 13.3. The molecule has 0 amide bonds. The van der Waals surface area contributed by atoms with Gasteiger partial charge in [0.05, 0.1) is 0 Å². The average molecular weight is 375 g/mol. The number of ether oxygens (including phenoxy) is 2. The number of hydrogen-bond acceptors (Lipinski definition) is 6. The third-order valence-corrected chi connectivity index (χ3v) is 3.94. The molecule has 0 heterocycles. The molecule has 148 valence electrons. The van der Waals surface area contributed by atoms with Crippen LogP contribution in [0.5, 0.6) is 11.5 Å². The molecule has 2 rings (SSSR count). The lowest BCUT2D eigenvalue weighted by atomic mass is 10.2. The van der Waals surface area contributed by atoms with Gasteiger partial charge >= 0.3 is 0 Å². The first kappa shape index (κ1) is 21.2.